The Morgan fingerprint density at radius 3 is 2.60 bits per heavy atom. The zero-order chi connectivity index (χ0) is 14.4. The molecule has 0 spiro atoms. The first-order chi connectivity index (χ1) is 9.72. The Hall–Kier alpha value is -1.32. The number of para-hydroxylation sites is 1. The van der Waals surface area contributed by atoms with Crippen molar-refractivity contribution >= 4 is 15.9 Å². The molecule has 2 aromatic rings. The molecule has 0 saturated carbocycles. The molecule has 0 radical (unpaired) electrons. The van der Waals surface area contributed by atoms with E-state index in [2.05, 4.69) is 57.6 Å². The number of nitrogens with one attached hydrogen (secondary N) is 1. The quantitative estimate of drug-likeness (QED) is 0.867. The van der Waals surface area contributed by atoms with Crippen LogP contribution in [0.4, 0.5) is 0 Å². The number of benzene rings is 2. The van der Waals surface area contributed by atoms with Crippen molar-refractivity contribution in [3.8, 4) is 5.75 Å². The third-order valence-corrected chi connectivity index (χ3v) is 3.93. The fourth-order valence-electron chi connectivity index (χ4n) is 2.36. The lowest BCUT2D eigenvalue weighted by molar-refractivity contribution is 0.406. The van der Waals surface area contributed by atoms with Crippen molar-refractivity contribution in [2.45, 2.75) is 18.9 Å². The molecule has 0 aliphatic heterocycles. The van der Waals surface area contributed by atoms with E-state index >= 15 is 0 Å². The molecule has 0 aliphatic carbocycles. The Bertz CT molecular complexity index is 556. The van der Waals surface area contributed by atoms with E-state index in [1.165, 1.54) is 11.1 Å². The number of hydrogen-bond donors (Lipinski definition) is 1. The average molecular weight is 334 g/mol. The van der Waals surface area contributed by atoms with Gasteiger partial charge >= 0.3 is 0 Å². The molecular weight excluding hydrogens is 314 g/mol. The highest BCUT2D eigenvalue weighted by atomic mass is 79.9. The molecule has 0 fully saturated rings. The van der Waals surface area contributed by atoms with Crippen molar-refractivity contribution in [3.05, 3.63) is 64.1 Å². The summed E-state index contributed by atoms with van der Waals surface area (Å²) in [6.07, 6.45) is 1.95. The third kappa shape index (κ3) is 4.09. The summed E-state index contributed by atoms with van der Waals surface area (Å²) >= 11 is 3.52. The Balaban J connectivity index is 2.09. The van der Waals surface area contributed by atoms with E-state index in [1.54, 1.807) is 7.11 Å². The number of halogens is 1. The van der Waals surface area contributed by atoms with Crippen LogP contribution in [0, 0.1) is 0 Å². The number of rotatable bonds is 6. The van der Waals surface area contributed by atoms with E-state index in [0.29, 0.717) is 6.04 Å². The number of likely N-dealkylation sites (N-methyl/N-ethyl adjacent to an activating group) is 1. The molecule has 2 aromatic carbocycles. The second-order valence-corrected chi connectivity index (χ2v) is 5.75. The van der Waals surface area contributed by atoms with Crippen molar-refractivity contribution in [1.82, 2.24) is 5.32 Å². The monoisotopic (exact) mass is 333 g/mol. The lowest BCUT2D eigenvalue weighted by atomic mass is 9.98. The highest BCUT2D eigenvalue weighted by molar-refractivity contribution is 9.10. The summed E-state index contributed by atoms with van der Waals surface area (Å²) in [6.45, 7) is 0. The Morgan fingerprint density at radius 1 is 1.10 bits per heavy atom. The van der Waals surface area contributed by atoms with Crippen molar-refractivity contribution in [3.63, 3.8) is 0 Å². The summed E-state index contributed by atoms with van der Waals surface area (Å²) in [5.41, 5.74) is 2.57. The maximum Gasteiger partial charge on any atom is 0.122 e. The minimum atomic E-state index is 0.389. The van der Waals surface area contributed by atoms with Crippen LogP contribution in [0.3, 0.4) is 0 Å². The fourth-order valence-corrected chi connectivity index (χ4v) is 2.81. The maximum atomic E-state index is 5.42. The topological polar surface area (TPSA) is 21.3 Å². The van der Waals surface area contributed by atoms with Crippen LogP contribution in [0.15, 0.2) is 53.0 Å². The first kappa shape index (κ1) is 15.1. The molecule has 0 heterocycles. The normalized spacial score (nSPS) is 12.2. The molecule has 1 N–H and O–H groups in total. The van der Waals surface area contributed by atoms with Gasteiger partial charge in [-0.05, 0) is 49.2 Å². The average Bonchev–Trinajstić information content (AvgIpc) is 2.47. The van der Waals surface area contributed by atoms with Gasteiger partial charge in [0.05, 0.1) is 7.11 Å². The molecule has 3 heteroatoms. The van der Waals surface area contributed by atoms with Gasteiger partial charge < -0.3 is 10.1 Å². The van der Waals surface area contributed by atoms with E-state index in [1.807, 2.05) is 19.2 Å². The zero-order valence-electron chi connectivity index (χ0n) is 11.9. The van der Waals surface area contributed by atoms with Crippen LogP contribution >= 0.6 is 15.9 Å². The molecule has 0 aliphatic rings. The standard InChI is InChI=1S/C17H20BrNO/c1-19-16(11-13-6-5-8-15(18)10-13)12-14-7-3-4-9-17(14)20-2/h3-10,16,19H,11-12H2,1-2H3. The molecule has 2 rings (SSSR count). The van der Waals surface area contributed by atoms with Crippen LogP contribution in [0.2, 0.25) is 0 Å². The van der Waals surface area contributed by atoms with Gasteiger partial charge in [-0.3, -0.25) is 0 Å². The summed E-state index contributed by atoms with van der Waals surface area (Å²) < 4.78 is 6.55. The summed E-state index contributed by atoms with van der Waals surface area (Å²) in [6, 6.07) is 17.1. The van der Waals surface area contributed by atoms with Gasteiger partial charge in [0.2, 0.25) is 0 Å². The largest absolute Gasteiger partial charge is 0.496 e. The van der Waals surface area contributed by atoms with Gasteiger partial charge in [0.1, 0.15) is 5.75 Å². The van der Waals surface area contributed by atoms with Gasteiger partial charge in [-0.15, -0.1) is 0 Å². The first-order valence-corrected chi connectivity index (χ1v) is 7.56. The lowest BCUT2D eigenvalue weighted by Crippen LogP contribution is -2.30. The zero-order valence-corrected chi connectivity index (χ0v) is 13.5. The molecule has 2 nitrogen and oxygen atoms in total. The molecule has 20 heavy (non-hydrogen) atoms. The Labute approximate surface area is 129 Å². The van der Waals surface area contributed by atoms with E-state index in [4.69, 9.17) is 4.74 Å². The van der Waals surface area contributed by atoms with Gasteiger partial charge in [-0.1, -0.05) is 46.3 Å². The van der Waals surface area contributed by atoms with E-state index < -0.39 is 0 Å². The van der Waals surface area contributed by atoms with E-state index in [-0.39, 0.29) is 0 Å². The number of ether oxygens (including phenoxy) is 1. The van der Waals surface area contributed by atoms with Crippen LogP contribution in [-0.2, 0) is 12.8 Å². The van der Waals surface area contributed by atoms with Crippen molar-refractivity contribution in [1.29, 1.82) is 0 Å². The summed E-state index contributed by atoms with van der Waals surface area (Å²) in [4.78, 5) is 0. The molecular formula is C17H20BrNO. The van der Waals surface area contributed by atoms with Gasteiger partial charge in [0.25, 0.3) is 0 Å². The van der Waals surface area contributed by atoms with E-state index in [0.717, 1.165) is 23.1 Å². The van der Waals surface area contributed by atoms with Crippen LogP contribution < -0.4 is 10.1 Å². The van der Waals surface area contributed by atoms with Crippen molar-refractivity contribution in [2.75, 3.05) is 14.2 Å². The van der Waals surface area contributed by atoms with Gasteiger partial charge in [-0.25, -0.2) is 0 Å². The smallest absolute Gasteiger partial charge is 0.122 e. The molecule has 0 amide bonds. The van der Waals surface area contributed by atoms with Crippen LogP contribution in [0.1, 0.15) is 11.1 Å². The van der Waals surface area contributed by atoms with Crippen LogP contribution in [0.25, 0.3) is 0 Å². The minimum absolute atomic E-state index is 0.389. The summed E-state index contributed by atoms with van der Waals surface area (Å²) in [5, 5.41) is 3.40. The van der Waals surface area contributed by atoms with E-state index in [9.17, 15) is 0 Å². The Kier molecular flexibility index (Phi) is 5.62. The molecule has 1 unspecified atom stereocenters. The second-order valence-electron chi connectivity index (χ2n) is 4.84. The minimum Gasteiger partial charge on any atom is -0.496 e. The Morgan fingerprint density at radius 2 is 1.90 bits per heavy atom. The summed E-state index contributed by atoms with van der Waals surface area (Å²) in [7, 11) is 3.74. The van der Waals surface area contributed by atoms with Gasteiger partial charge in [0, 0.05) is 10.5 Å². The summed E-state index contributed by atoms with van der Waals surface area (Å²) in [5.74, 6) is 0.960. The van der Waals surface area contributed by atoms with Gasteiger partial charge in [0.15, 0.2) is 0 Å². The molecule has 0 aromatic heterocycles. The second kappa shape index (κ2) is 7.46. The maximum absolute atomic E-state index is 5.42. The predicted octanol–water partition coefficient (Wildman–Crippen LogP) is 3.83. The first-order valence-electron chi connectivity index (χ1n) is 6.76. The molecule has 0 saturated heterocycles. The highest BCUT2D eigenvalue weighted by Crippen LogP contribution is 2.20. The highest BCUT2D eigenvalue weighted by Gasteiger charge is 2.11. The van der Waals surface area contributed by atoms with Crippen molar-refractivity contribution < 1.29 is 4.74 Å². The lowest BCUT2D eigenvalue weighted by Gasteiger charge is -2.18. The predicted molar refractivity (Wildman–Crippen MR) is 87.4 cm³/mol. The number of hydrogen-bond acceptors (Lipinski definition) is 2. The fraction of sp³-hybridized carbons (Fsp3) is 0.294. The third-order valence-electron chi connectivity index (χ3n) is 3.44. The van der Waals surface area contributed by atoms with Crippen LogP contribution in [0.5, 0.6) is 5.75 Å². The van der Waals surface area contributed by atoms with Crippen molar-refractivity contribution in [2.24, 2.45) is 0 Å². The van der Waals surface area contributed by atoms with Gasteiger partial charge in [-0.2, -0.15) is 0 Å². The molecule has 1 atom stereocenters. The molecule has 0 bridgehead atoms. The SMILES string of the molecule is CNC(Cc1cccc(Br)c1)Cc1ccccc1OC. The number of methoxy groups -OCH3 is 1. The molecule has 106 valence electrons. The van der Waals surface area contributed by atoms with Crippen LogP contribution in [-0.4, -0.2) is 20.2 Å².